The number of hydrogen-bond acceptors (Lipinski definition) is 10. The third-order valence-electron chi connectivity index (χ3n) is 10.9. The van der Waals surface area contributed by atoms with Crippen molar-refractivity contribution in [3.8, 4) is 17.2 Å². The zero-order valence-corrected chi connectivity index (χ0v) is 30.7. The number of hydrogen-bond donors (Lipinski definition) is 0. The molecule has 2 aromatic heterocycles. The van der Waals surface area contributed by atoms with Crippen molar-refractivity contribution in [3.63, 3.8) is 0 Å². The van der Waals surface area contributed by atoms with Gasteiger partial charge in [0.05, 0.1) is 25.0 Å². The number of rotatable bonds is 13. The van der Waals surface area contributed by atoms with Gasteiger partial charge in [0.25, 0.3) is 12.3 Å². The van der Waals surface area contributed by atoms with Crippen LogP contribution in [0.5, 0.6) is 17.2 Å². The number of fused-ring (bicyclic) bond motifs is 1. The molecule has 7 rings (SSSR count). The number of aromatic nitrogens is 3. The average molecular weight is 738 g/mol. The van der Waals surface area contributed by atoms with Crippen molar-refractivity contribution >= 4 is 11.7 Å². The van der Waals surface area contributed by atoms with Crippen LogP contribution in [0, 0.1) is 11.2 Å². The van der Waals surface area contributed by atoms with Crippen molar-refractivity contribution in [2.24, 2.45) is 5.41 Å². The molecule has 286 valence electrons. The molecule has 3 aromatic rings. The molecule has 0 N–H and O–H groups in total. The molecule has 53 heavy (non-hydrogen) atoms. The van der Waals surface area contributed by atoms with Crippen LogP contribution in [-0.2, 0) is 17.7 Å². The topological polar surface area (TPSA) is 96.4 Å². The Morgan fingerprint density at radius 2 is 1.87 bits per heavy atom. The number of benzene rings is 1. The highest BCUT2D eigenvalue weighted by Gasteiger charge is 2.54. The fourth-order valence-corrected chi connectivity index (χ4v) is 8.11. The van der Waals surface area contributed by atoms with E-state index in [1.807, 2.05) is 12.3 Å². The van der Waals surface area contributed by atoms with Crippen molar-refractivity contribution in [3.05, 3.63) is 65.6 Å². The third kappa shape index (κ3) is 8.87. The predicted octanol–water partition coefficient (Wildman–Crippen LogP) is 6.17. The molecule has 0 atom stereocenters. The zero-order chi connectivity index (χ0) is 37.0. The molecule has 0 radical (unpaired) electrons. The lowest BCUT2D eigenvalue weighted by Crippen LogP contribution is -2.65. The van der Waals surface area contributed by atoms with Gasteiger partial charge in [-0.3, -0.25) is 19.6 Å². The number of ether oxygens (including phenoxy) is 3. The summed E-state index contributed by atoms with van der Waals surface area (Å²) >= 11 is 0. The standard InChI is InChI=1S/C39H50F3N7O4/c1-27(2)49(22-36(41)42)38(50)30-17-28(40)7-8-33(30)53-35-20-43-25-45-37(35)48-23-39(24-48)18-29(19-39)52-34-9-11-44-32-10-15-46(21-31(32)34)13-6-14-47-12-4-3-5-16-51-26-47/h7-9,11,17,20,25,27,29,36H,3-6,10,12-16,18-19,21-24,26H2,1-2H3. The Morgan fingerprint density at radius 3 is 2.68 bits per heavy atom. The van der Waals surface area contributed by atoms with Crippen LogP contribution < -0.4 is 14.4 Å². The molecule has 3 aliphatic heterocycles. The van der Waals surface area contributed by atoms with Crippen molar-refractivity contribution in [2.45, 2.75) is 83.9 Å². The molecule has 1 amide bonds. The number of halogens is 3. The summed E-state index contributed by atoms with van der Waals surface area (Å²) in [4.78, 5) is 34.7. The minimum atomic E-state index is -2.74. The van der Waals surface area contributed by atoms with Gasteiger partial charge >= 0.3 is 0 Å². The lowest BCUT2D eigenvalue weighted by molar-refractivity contribution is -0.0353. The van der Waals surface area contributed by atoms with Gasteiger partial charge in [0.15, 0.2) is 11.6 Å². The minimum Gasteiger partial charge on any atom is -0.490 e. The molecule has 14 heteroatoms. The average Bonchev–Trinajstić information content (AvgIpc) is 3.09. The van der Waals surface area contributed by atoms with E-state index in [2.05, 4.69) is 24.7 Å². The second-order valence-electron chi connectivity index (χ2n) is 15.2. The summed E-state index contributed by atoms with van der Waals surface area (Å²) in [6, 6.07) is 4.99. The zero-order valence-electron chi connectivity index (χ0n) is 30.7. The Kier molecular flexibility index (Phi) is 11.7. The molecular formula is C39H50F3N7O4. The number of anilines is 1. The van der Waals surface area contributed by atoms with Crippen molar-refractivity contribution in [1.82, 2.24) is 29.7 Å². The Morgan fingerprint density at radius 1 is 1.04 bits per heavy atom. The number of carbonyl (C=O) groups excluding carboxylic acids is 1. The highest BCUT2D eigenvalue weighted by atomic mass is 19.3. The molecule has 1 aromatic carbocycles. The van der Waals surface area contributed by atoms with Crippen LogP contribution in [0.4, 0.5) is 19.0 Å². The smallest absolute Gasteiger partial charge is 0.258 e. The summed E-state index contributed by atoms with van der Waals surface area (Å²) in [7, 11) is 0. The van der Waals surface area contributed by atoms with Gasteiger partial charge < -0.3 is 24.0 Å². The maximum atomic E-state index is 14.3. The van der Waals surface area contributed by atoms with E-state index in [0.717, 1.165) is 107 Å². The van der Waals surface area contributed by atoms with E-state index in [1.54, 1.807) is 13.8 Å². The number of nitrogens with zero attached hydrogens (tertiary/aromatic N) is 7. The molecule has 0 unspecified atom stereocenters. The maximum absolute atomic E-state index is 14.3. The monoisotopic (exact) mass is 737 g/mol. The van der Waals surface area contributed by atoms with Crippen molar-refractivity contribution in [1.29, 1.82) is 0 Å². The lowest BCUT2D eigenvalue weighted by Gasteiger charge is -2.59. The van der Waals surface area contributed by atoms with Gasteiger partial charge in [-0.15, -0.1) is 0 Å². The fourth-order valence-electron chi connectivity index (χ4n) is 8.11. The van der Waals surface area contributed by atoms with E-state index >= 15 is 0 Å². The van der Waals surface area contributed by atoms with Gasteiger partial charge in [-0.1, -0.05) is 0 Å². The first-order valence-corrected chi connectivity index (χ1v) is 18.9. The van der Waals surface area contributed by atoms with Gasteiger partial charge in [0.2, 0.25) is 0 Å². The largest absolute Gasteiger partial charge is 0.490 e. The summed E-state index contributed by atoms with van der Waals surface area (Å²) in [6.07, 6.45) is 9.67. The molecule has 1 aliphatic carbocycles. The Hall–Kier alpha value is -4.01. The molecule has 1 saturated carbocycles. The predicted molar refractivity (Wildman–Crippen MR) is 193 cm³/mol. The Balaban J connectivity index is 0.938. The molecule has 11 nitrogen and oxygen atoms in total. The van der Waals surface area contributed by atoms with Crippen LogP contribution in [0.25, 0.3) is 0 Å². The van der Waals surface area contributed by atoms with E-state index in [-0.39, 0.29) is 22.8 Å². The molecule has 1 spiro atoms. The van der Waals surface area contributed by atoms with Gasteiger partial charge in [-0.2, -0.15) is 0 Å². The summed E-state index contributed by atoms with van der Waals surface area (Å²) in [5.74, 6) is 0.409. The minimum absolute atomic E-state index is 0.0429. The first kappa shape index (κ1) is 37.3. The van der Waals surface area contributed by atoms with Crippen molar-refractivity contribution < 1.29 is 32.2 Å². The van der Waals surface area contributed by atoms with Crippen molar-refractivity contribution in [2.75, 3.05) is 64.1 Å². The van der Waals surface area contributed by atoms with E-state index < -0.39 is 30.7 Å². The van der Waals surface area contributed by atoms with Crippen LogP contribution in [0.1, 0.15) is 74.0 Å². The van der Waals surface area contributed by atoms with E-state index in [1.165, 1.54) is 49.5 Å². The van der Waals surface area contributed by atoms with Crippen LogP contribution in [0.15, 0.2) is 43.0 Å². The molecule has 3 fully saturated rings. The van der Waals surface area contributed by atoms with Crippen LogP contribution in [0.2, 0.25) is 0 Å². The number of amides is 1. The van der Waals surface area contributed by atoms with E-state index in [4.69, 9.17) is 19.2 Å². The van der Waals surface area contributed by atoms with Crippen LogP contribution in [-0.4, -0.2) is 113 Å². The van der Waals surface area contributed by atoms with E-state index in [9.17, 15) is 18.0 Å². The Bertz CT molecular complexity index is 1710. The van der Waals surface area contributed by atoms with E-state index in [0.29, 0.717) is 11.6 Å². The Labute approximate surface area is 309 Å². The van der Waals surface area contributed by atoms with Gasteiger partial charge in [0, 0.05) is 81.2 Å². The van der Waals surface area contributed by atoms with Crippen LogP contribution >= 0.6 is 0 Å². The molecule has 4 aliphatic rings. The first-order valence-electron chi connectivity index (χ1n) is 18.9. The molecule has 0 bridgehead atoms. The summed E-state index contributed by atoms with van der Waals surface area (Å²) in [6.45, 7) is 10.6. The second-order valence-corrected chi connectivity index (χ2v) is 15.2. The first-order chi connectivity index (χ1) is 25.7. The number of pyridine rings is 1. The summed E-state index contributed by atoms with van der Waals surface area (Å²) in [5, 5.41) is 0. The SMILES string of the molecule is CC(C)N(CC(F)F)C(=O)c1cc(F)ccc1Oc1cncnc1N1CC2(CC(Oc3ccnc4c3CN(CCCN3CCCCCOC3)CC4)C2)C1. The summed E-state index contributed by atoms with van der Waals surface area (Å²) in [5.41, 5.74) is 2.28. The van der Waals surface area contributed by atoms with Crippen LogP contribution in [0.3, 0.4) is 0 Å². The van der Waals surface area contributed by atoms with Gasteiger partial charge in [-0.25, -0.2) is 23.1 Å². The second kappa shape index (κ2) is 16.6. The van der Waals surface area contributed by atoms with Gasteiger partial charge in [-0.05, 0) is 83.2 Å². The molecule has 5 heterocycles. The summed E-state index contributed by atoms with van der Waals surface area (Å²) < 4.78 is 59.5. The molecule has 2 saturated heterocycles. The number of carbonyl (C=O) groups is 1. The quantitative estimate of drug-likeness (QED) is 0.203. The molecular weight excluding hydrogens is 687 g/mol. The fraction of sp³-hybridized carbons (Fsp3) is 0.590. The number of alkyl halides is 2. The normalized spacial score (nSPS) is 19.3. The highest BCUT2D eigenvalue weighted by Crippen LogP contribution is 2.52. The lowest BCUT2D eigenvalue weighted by atomic mass is 9.61. The maximum Gasteiger partial charge on any atom is 0.258 e. The highest BCUT2D eigenvalue weighted by molar-refractivity contribution is 5.97. The third-order valence-corrected chi connectivity index (χ3v) is 10.9. The van der Waals surface area contributed by atoms with Gasteiger partial charge in [0.1, 0.15) is 29.7 Å².